The zero-order chi connectivity index (χ0) is 19.5. The van der Waals surface area contributed by atoms with E-state index >= 15 is 0 Å². The predicted octanol–water partition coefficient (Wildman–Crippen LogP) is 5.24. The van der Waals surface area contributed by atoms with Gasteiger partial charge in [0.25, 0.3) is 0 Å². The summed E-state index contributed by atoms with van der Waals surface area (Å²) < 4.78 is 11.4. The minimum atomic E-state index is -0.389. The summed E-state index contributed by atoms with van der Waals surface area (Å²) in [6.45, 7) is 8.12. The zero-order valence-electron chi connectivity index (χ0n) is 18.1. The van der Waals surface area contributed by atoms with Gasteiger partial charge in [-0.1, -0.05) is 32.1 Å². The molecule has 0 aliphatic heterocycles. The van der Waals surface area contributed by atoms with Crippen LogP contribution in [0.3, 0.4) is 0 Å². The zero-order valence-corrected chi connectivity index (χ0v) is 18.1. The molecule has 0 aromatic heterocycles. The number of nitrogens with one attached hydrogen (secondary N) is 1. The van der Waals surface area contributed by atoms with Crippen LogP contribution in [0.15, 0.2) is 0 Å². The molecule has 0 saturated heterocycles. The molecule has 2 fully saturated rings. The summed E-state index contributed by atoms with van der Waals surface area (Å²) in [5, 5.41) is 3.31. The van der Waals surface area contributed by atoms with E-state index < -0.39 is 0 Å². The average molecular weight is 382 g/mol. The van der Waals surface area contributed by atoms with Gasteiger partial charge >= 0.3 is 5.97 Å². The fourth-order valence-electron chi connectivity index (χ4n) is 4.58. The van der Waals surface area contributed by atoms with Crippen LogP contribution in [-0.4, -0.2) is 37.4 Å². The van der Waals surface area contributed by atoms with Gasteiger partial charge in [0.1, 0.15) is 5.60 Å². The molecule has 0 spiro atoms. The maximum absolute atomic E-state index is 11.6. The molecule has 2 aliphatic carbocycles. The molecular weight excluding hydrogens is 338 g/mol. The highest BCUT2D eigenvalue weighted by Crippen LogP contribution is 2.35. The molecule has 0 bridgehead atoms. The van der Waals surface area contributed by atoms with Gasteiger partial charge in [-0.05, 0) is 77.7 Å². The van der Waals surface area contributed by atoms with Crippen molar-refractivity contribution < 1.29 is 14.3 Å². The summed E-state index contributed by atoms with van der Waals surface area (Å²) >= 11 is 0. The van der Waals surface area contributed by atoms with Crippen LogP contribution in [0, 0.1) is 11.8 Å². The van der Waals surface area contributed by atoms with Gasteiger partial charge in [-0.15, -0.1) is 0 Å². The largest absolute Gasteiger partial charge is 0.460 e. The third kappa shape index (κ3) is 10.5. The Kier molecular flexibility index (Phi) is 10.1. The second-order valence-electron chi connectivity index (χ2n) is 9.69. The molecule has 0 aromatic carbocycles. The molecule has 0 heterocycles. The van der Waals surface area contributed by atoms with Crippen molar-refractivity contribution in [3.05, 3.63) is 0 Å². The first-order valence-corrected chi connectivity index (χ1v) is 11.5. The summed E-state index contributed by atoms with van der Waals surface area (Å²) in [6.07, 6.45) is 16.0. The summed E-state index contributed by atoms with van der Waals surface area (Å²) in [6, 6.07) is 0. The number of carbonyl (C=O) groups excluding carboxylic acids is 1. The Morgan fingerprint density at radius 2 is 1.59 bits per heavy atom. The summed E-state index contributed by atoms with van der Waals surface area (Å²) in [5.74, 6) is 1.85. The normalized spacial score (nSPS) is 24.7. The average Bonchev–Trinajstić information content (AvgIpc) is 2.62. The van der Waals surface area contributed by atoms with Gasteiger partial charge in [0, 0.05) is 13.2 Å². The number of hydrogen-bond donors (Lipinski definition) is 1. The second kappa shape index (κ2) is 12.1. The molecule has 0 amide bonds. The fourth-order valence-corrected chi connectivity index (χ4v) is 4.58. The molecular formula is C23H43NO3. The highest BCUT2D eigenvalue weighted by Gasteiger charge is 2.25. The lowest BCUT2D eigenvalue weighted by Gasteiger charge is -2.32. The van der Waals surface area contributed by atoms with Crippen LogP contribution in [0.1, 0.15) is 97.8 Å². The lowest BCUT2D eigenvalue weighted by atomic mass is 9.77. The minimum absolute atomic E-state index is 0.128. The highest BCUT2D eigenvalue weighted by atomic mass is 16.6. The Morgan fingerprint density at radius 3 is 2.26 bits per heavy atom. The van der Waals surface area contributed by atoms with E-state index in [1.807, 2.05) is 20.8 Å². The van der Waals surface area contributed by atoms with Crippen LogP contribution in [0.4, 0.5) is 0 Å². The first kappa shape index (κ1) is 22.7. The highest BCUT2D eigenvalue weighted by molar-refractivity contribution is 5.70. The molecule has 2 saturated carbocycles. The van der Waals surface area contributed by atoms with Crippen molar-refractivity contribution >= 4 is 5.97 Å². The molecule has 1 N–H and O–H groups in total. The van der Waals surface area contributed by atoms with Crippen molar-refractivity contribution in [1.29, 1.82) is 0 Å². The first-order chi connectivity index (χ1) is 12.9. The number of esters is 1. The van der Waals surface area contributed by atoms with Crippen LogP contribution in [-0.2, 0) is 14.3 Å². The van der Waals surface area contributed by atoms with Gasteiger partial charge < -0.3 is 14.8 Å². The maximum Gasteiger partial charge on any atom is 0.307 e. The van der Waals surface area contributed by atoms with E-state index in [0.29, 0.717) is 19.1 Å². The monoisotopic (exact) mass is 381 g/mol. The molecule has 0 aromatic rings. The van der Waals surface area contributed by atoms with Crippen molar-refractivity contribution in [2.45, 2.75) is 110 Å². The topological polar surface area (TPSA) is 47.6 Å². The molecule has 2 rings (SSSR count). The van der Waals surface area contributed by atoms with E-state index in [1.165, 1.54) is 64.2 Å². The van der Waals surface area contributed by atoms with Gasteiger partial charge in [-0.2, -0.15) is 0 Å². The van der Waals surface area contributed by atoms with Gasteiger partial charge in [0.15, 0.2) is 0 Å². The third-order valence-electron chi connectivity index (χ3n) is 5.96. The fraction of sp³-hybridized carbons (Fsp3) is 0.957. The van der Waals surface area contributed by atoms with Gasteiger partial charge in [0.05, 0.1) is 12.5 Å². The van der Waals surface area contributed by atoms with E-state index in [-0.39, 0.29) is 11.6 Å². The minimum Gasteiger partial charge on any atom is -0.460 e. The summed E-state index contributed by atoms with van der Waals surface area (Å²) in [5.41, 5.74) is -0.389. The Labute approximate surface area is 167 Å². The van der Waals surface area contributed by atoms with Crippen molar-refractivity contribution in [3.8, 4) is 0 Å². The molecule has 0 unspecified atom stereocenters. The summed E-state index contributed by atoms with van der Waals surface area (Å²) in [4.78, 5) is 11.6. The predicted molar refractivity (Wildman–Crippen MR) is 111 cm³/mol. The van der Waals surface area contributed by atoms with Crippen LogP contribution in [0.25, 0.3) is 0 Å². The lowest BCUT2D eigenvalue weighted by Crippen LogP contribution is -2.28. The Bertz CT molecular complexity index is 404. The van der Waals surface area contributed by atoms with Gasteiger partial charge in [-0.3, -0.25) is 4.79 Å². The number of ether oxygens (including phenoxy) is 2. The van der Waals surface area contributed by atoms with E-state index in [4.69, 9.17) is 9.47 Å². The first-order valence-electron chi connectivity index (χ1n) is 11.5. The van der Waals surface area contributed by atoms with E-state index in [1.54, 1.807) is 0 Å². The van der Waals surface area contributed by atoms with Crippen LogP contribution in [0.2, 0.25) is 0 Å². The van der Waals surface area contributed by atoms with Gasteiger partial charge in [0.2, 0.25) is 0 Å². The quantitative estimate of drug-likeness (QED) is 0.415. The summed E-state index contributed by atoms with van der Waals surface area (Å²) in [7, 11) is 0. The Morgan fingerprint density at radius 1 is 0.926 bits per heavy atom. The molecule has 27 heavy (non-hydrogen) atoms. The smallest absolute Gasteiger partial charge is 0.307 e. The number of rotatable bonds is 10. The SMILES string of the molecule is CC(C)(C)OC(=O)CCNCCCOC1CCC(CC2CCCCC2)CC1. The van der Waals surface area contributed by atoms with Crippen LogP contribution < -0.4 is 5.32 Å². The third-order valence-corrected chi connectivity index (χ3v) is 5.96. The van der Waals surface area contributed by atoms with Crippen molar-refractivity contribution in [3.63, 3.8) is 0 Å². The second-order valence-corrected chi connectivity index (χ2v) is 9.69. The van der Waals surface area contributed by atoms with Gasteiger partial charge in [-0.25, -0.2) is 0 Å². The van der Waals surface area contributed by atoms with Crippen LogP contribution >= 0.6 is 0 Å². The molecule has 4 nitrogen and oxygen atoms in total. The van der Waals surface area contributed by atoms with E-state index in [0.717, 1.165) is 31.4 Å². The Balaban J connectivity index is 1.41. The Hall–Kier alpha value is -0.610. The van der Waals surface area contributed by atoms with Crippen molar-refractivity contribution in [2.24, 2.45) is 11.8 Å². The van der Waals surface area contributed by atoms with Crippen molar-refractivity contribution in [2.75, 3.05) is 19.7 Å². The number of hydrogen-bond acceptors (Lipinski definition) is 4. The van der Waals surface area contributed by atoms with Crippen molar-refractivity contribution in [1.82, 2.24) is 5.32 Å². The number of carbonyl (C=O) groups is 1. The molecule has 0 radical (unpaired) electrons. The van der Waals surface area contributed by atoms with Crippen LogP contribution in [0.5, 0.6) is 0 Å². The molecule has 0 atom stereocenters. The van der Waals surface area contributed by atoms with E-state index in [2.05, 4.69) is 5.32 Å². The maximum atomic E-state index is 11.6. The lowest BCUT2D eigenvalue weighted by molar-refractivity contribution is -0.154. The molecule has 2 aliphatic rings. The van der Waals surface area contributed by atoms with E-state index in [9.17, 15) is 4.79 Å². The molecule has 4 heteroatoms. The molecule has 158 valence electrons. The standard InChI is InChI=1S/C23H43NO3/c1-23(2,3)27-22(25)14-16-24-15-7-17-26-21-12-10-20(11-13-21)18-19-8-5-4-6-9-19/h19-21,24H,4-18H2,1-3H3.